The summed E-state index contributed by atoms with van der Waals surface area (Å²) in [6, 6.07) is 20.4. The molecular weight excluding hydrogens is 542 g/mol. The van der Waals surface area contributed by atoms with Gasteiger partial charge < -0.3 is 14.7 Å². The molecule has 0 radical (unpaired) electrons. The van der Waals surface area contributed by atoms with Crippen molar-refractivity contribution in [1.82, 2.24) is 24.3 Å². The Kier molecular flexibility index (Phi) is 7.91. The van der Waals surface area contributed by atoms with Crippen molar-refractivity contribution < 1.29 is 4.79 Å². The highest BCUT2D eigenvalue weighted by Crippen LogP contribution is 2.32. The number of nitrogens with zero attached hydrogens (tertiary/aromatic N) is 5. The molecule has 0 unspecified atom stereocenters. The number of benzene rings is 2. The molecule has 0 bridgehead atoms. The Morgan fingerprint density at radius 2 is 1.88 bits per heavy atom. The summed E-state index contributed by atoms with van der Waals surface area (Å²) in [4.78, 5) is 38.7. The van der Waals surface area contributed by atoms with Gasteiger partial charge in [0.15, 0.2) is 0 Å². The maximum atomic E-state index is 13.4. The fourth-order valence-corrected chi connectivity index (χ4v) is 7.13. The summed E-state index contributed by atoms with van der Waals surface area (Å²) in [5.41, 5.74) is 3.06. The highest BCUT2D eigenvalue weighted by Gasteiger charge is 2.34. The molecule has 0 aliphatic carbocycles. The lowest BCUT2D eigenvalue weighted by Gasteiger charge is -2.29. The molecular formula is C31H34ClN5O2S. The number of carbonyl (C=O) groups is 1. The number of likely N-dealkylation sites (N-methyl/N-ethyl adjacent to an activating group) is 1. The number of thiophene rings is 1. The van der Waals surface area contributed by atoms with E-state index in [1.54, 1.807) is 10.9 Å². The Morgan fingerprint density at radius 1 is 1.07 bits per heavy atom. The van der Waals surface area contributed by atoms with Gasteiger partial charge in [0.1, 0.15) is 4.70 Å². The molecule has 2 amide bonds. The zero-order valence-corrected chi connectivity index (χ0v) is 24.3. The Hall–Kier alpha value is -3.20. The molecule has 4 aromatic rings. The van der Waals surface area contributed by atoms with Crippen molar-refractivity contribution in [3.8, 4) is 10.4 Å². The van der Waals surface area contributed by atoms with Gasteiger partial charge in [0.25, 0.3) is 5.56 Å². The van der Waals surface area contributed by atoms with Gasteiger partial charge in [-0.2, -0.15) is 0 Å². The number of aromatic nitrogens is 2. The molecule has 2 aliphatic heterocycles. The van der Waals surface area contributed by atoms with Gasteiger partial charge in [-0.15, -0.1) is 11.3 Å². The minimum absolute atomic E-state index is 0.0372. The predicted molar refractivity (Wildman–Crippen MR) is 162 cm³/mol. The van der Waals surface area contributed by atoms with Gasteiger partial charge >= 0.3 is 6.03 Å². The first kappa shape index (κ1) is 27.0. The van der Waals surface area contributed by atoms with Gasteiger partial charge in [-0.3, -0.25) is 9.36 Å². The summed E-state index contributed by atoms with van der Waals surface area (Å²) >= 11 is 7.49. The third-order valence-electron chi connectivity index (χ3n) is 8.30. The Bertz CT molecular complexity index is 1540. The molecule has 2 fully saturated rings. The van der Waals surface area contributed by atoms with E-state index in [1.807, 2.05) is 47.2 Å². The maximum Gasteiger partial charge on any atom is 0.320 e. The molecule has 6 rings (SSSR count). The molecule has 0 saturated carbocycles. The third-order valence-corrected chi connectivity index (χ3v) is 9.71. The van der Waals surface area contributed by atoms with Crippen LogP contribution in [0.2, 0.25) is 5.02 Å². The van der Waals surface area contributed by atoms with Crippen LogP contribution in [0.4, 0.5) is 4.79 Å². The van der Waals surface area contributed by atoms with E-state index in [-0.39, 0.29) is 23.7 Å². The summed E-state index contributed by atoms with van der Waals surface area (Å²) in [6.07, 6.45) is 5.61. The first-order valence-corrected chi connectivity index (χ1v) is 15.2. The van der Waals surface area contributed by atoms with Gasteiger partial charge in [-0.25, -0.2) is 9.78 Å². The lowest BCUT2D eigenvalue weighted by Crippen LogP contribution is -2.46. The molecule has 0 N–H and O–H groups in total. The number of halogens is 1. The van der Waals surface area contributed by atoms with E-state index in [0.717, 1.165) is 55.8 Å². The van der Waals surface area contributed by atoms with Gasteiger partial charge in [-0.1, -0.05) is 54.1 Å². The zero-order chi connectivity index (χ0) is 27.6. The molecule has 7 nitrogen and oxygen atoms in total. The Morgan fingerprint density at radius 3 is 2.67 bits per heavy atom. The fraction of sp³-hybridized carbons (Fsp3) is 0.387. The van der Waals surface area contributed by atoms with Crippen LogP contribution in [0, 0.1) is 0 Å². The standard InChI is InChI=1S/C31H34ClN5O2S/c1-34(25-13-16-35(19-25)15-5-8-22-6-3-2-4-7-22)31(39)36-17-14-26(20-36)37-21-33-27-18-28(40-29(27)30(37)38)23-9-11-24(32)12-10-23/h2-4,6-7,9-12,18,21,25-26H,5,8,13-17,19-20H2,1H3/t25-,26-/m0/s1. The number of rotatable bonds is 7. The van der Waals surface area contributed by atoms with Gasteiger partial charge in [0.05, 0.1) is 17.9 Å². The maximum absolute atomic E-state index is 13.4. The quantitative estimate of drug-likeness (QED) is 0.280. The van der Waals surface area contributed by atoms with E-state index in [9.17, 15) is 9.59 Å². The smallest absolute Gasteiger partial charge is 0.320 e. The average molecular weight is 576 g/mol. The van der Waals surface area contributed by atoms with E-state index < -0.39 is 0 Å². The second-order valence-electron chi connectivity index (χ2n) is 10.9. The molecule has 0 spiro atoms. The molecule has 9 heteroatoms. The molecule has 4 heterocycles. The summed E-state index contributed by atoms with van der Waals surface area (Å²) < 4.78 is 2.37. The monoisotopic (exact) mass is 575 g/mol. The van der Waals surface area contributed by atoms with Crippen LogP contribution in [0.25, 0.3) is 20.7 Å². The number of likely N-dealkylation sites (tertiary alicyclic amines) is 2. The van der Waals surface area contributed by atoms with Crippen molar-refractivity contribution in [2.45, 2.75) is 37.8 Å². The van der Waals surface area contributed by atoms with Crippen molar-refractivity contribution in [3.63, 3.8) is 0 Å². The van der Waals surface area contributed by atoms with E-state index >= 15 is 0 Å². The summed E-state index contributed by atoms with van der Waals surface area (Å²) in [6.45, 7) is 4.17. The van der Waals surface area contributed by atoms with E-state index in [0.29, 0.717) is 28.3 Å². The summed E-state index contributed by atoms with van der Waals surface area (Å²) in [5, 5.41) is 0.681. The fourth-order valence-electron chi connectivity index (χ4n) is 5.95. The van der Waals surface area contributed by atoms with Gasteiger partial charge in [0.2, 0.25) is 0 Å². The van der Waals surface area contributed by atoms with Gasteiger partial charge in [-0.05, 0) is 61.6 Å². The molecule has 2 aliphatic rings. The van der Waals surface area contributed by atoms with Crippen LogP contribution in [0.15, 0.2) is 71.8 Å². The van der Waals surface area contributed by atoms with Crippen LogP contribution in [0.3, 0.4) is 0 Å². The van der Waals surface area contributed by atoms with Crippen LogP contribution in [0.5, 0.6) is 0 Å². The number of urea groups is 1. The molecule has 208 valence electrons. The molecule has 40 heavy (non-hydrogen) atoms. The first-order chi connectivity index (χ1) is 19.5. The Labute approximate surface area is 243 Å². The van der Waals surface area contributed by atoms with Crippen molar-refractivity contribution in [2.75, 3.05) is 39.8 Å². The van der Waals surface area contributed by atoms with Crippen LogP contribution < -0.4 is 5.56 Å². The number of hydrogen-bond donors (Lipinski definition) is 0. The van der Waals surface area contributed by atoms with Crippen molar-refractivity contribution in [3.05, 3.63) is 87.9 Å². The Balaban J connectivity index is 1.06. The minimum Gasteiger partial charge on any atom is -0.323 e. The molecule has 2 atom stereocenters. The average Bonchev–Trinajstić information content (AvgIpc) is 3.74. The number of carbonyl (C=O) groups excluding carboxylic acids is 1. The topological polar surface area (TPSA) is 61.7 Å². The zero-order valence-electron chi connectivity index (χ0n) is 22.7. The number of hydrogen-bond acceptors (Lipinski definition) is 5. The molecule has 2 aromatic heterocycles. The summed E-state index contributed by atoms with van der Waals surface area (Å²) in [5.74, 6) is 0. The SMILES string of the molecule is CN(C(=O)N1CC[C@H](n2cnc3cc(-c4ccc(Cl)cc4)sc3c2=O)C1)[C@H]1CCN(CCCc2ccccc2)C1. The highest BCUT2D eigenvalue weighted by atomic mass is 35.5. The van der Waals surface area contributed by atoms with E-state index in [4.69, 9.17) is 11.6 Å². The molecule has 2 aromatic carbocycles. The summed E-state index contributed by atoms with van der Waals surface area (Å²) in [7, 11) is 1.93. The van der Waals surface area contributed by atoms with E-state index in [1.165, 1.54) is 16.9 Å². The van der Waals surface area contributed by atoms with Crippen LogP contribution in [0.1, 0.15) is 30.9 Å². The highest BCUT2D eigenvalue weighted by molar-refractivity contribution is 7.22. The molecule has 2 saturated heterocycles. The van der Waals surface area contributed by atoms with Crippen molar-refractivity contribution in [2.24, 2.45) is 0 Å². The first-order valence-electron chi connectivity index (χ1n) is 14.0. The predicted octanol–water partition coefficient (Wildman–Crippen LogP) is 5.78. The van der Waals surface area contributed by atoms with Crippen molar-refractivity contribution in [1.29, 1.82) is 0 Å². The normalized spacial score (nSPS) is 19.5. The van der Waals surface area contributed by atoms with E-state index in [2.05, 4.69) is 40.2 Å². The van der Waals surface area contributed by atoms with Crippen molar-refractivity contribution >= 4 is 39.2 Å². The third kappa shape index (κ3) is 5.66. The minimum atomic E-state index is -0.0686. The lowest BCUT2D eigenvalue weighted by molar-refractivity contribution is 0.154. The number of aryl methyl sites for hydroxylation is 1. The second kappa shape index (κ2) is 11.7. The second-order valence-corrected chi connectivity index (χ2v) is 12.4. The largest absolute Gasteiger partial charge is 0.323 e. The van der Waals surface area contributed by atoms with Crippen LogP contribution >= 0.6 is 22.9 Å². The van der Waals surface area contributed by atoms with Crippen LogP contribution in [-0.2, 0) is 6.42 Å². The number of amides is 2. The number of fused-ring (bicyclic) bond motifs is 1. The van der Waals surface area contributed by atoms with Crippen LogP contribution in [-0.4, -0.2) is 76.1 Å². The van der Waals surface area contributed by atoms with Gasteiger partial charge in [0, 0.05) is 49.2 Å². The lowest BCUT2D eigenvalue weighted by atomic mass is 10.1.